The molecule has 6 nitrogen and oxygen atoms in total. The molecule has 168 valence electrons. The van der Waals surface area contributed by atoms with Crippen LogP contribution in [0.1, 0.15) is 58.4 Å². The van der Waals surface area contributed by atoms with Crippen LogP contribution in [0.5, 0.6) is 11.5 Å². The van der Waals surface area contributed by atoms with Crippen LogP contribution in [0.15, 0.2) is 18.2 Å². The van der Waals surface area contributed by atoms with E-state index in [1.54, 1.807) is 0 Å². The molecule has 0 aliphatic carbocycles. The normalized spacial score (nSPS) is 21.0. The number of hydrogen-bond acceptors (Lipinski definition) is 5. The molecule has 1 fully saturated rings. The number of ether oxygens (including phenoxy) is 2. The summed E-state index contributed by atoms with van der Waals surface area (Å²) < 4.78 is 12.1. The number of hydrogen-bond donors (Lipinski definition) is 1. The number of amides is 1. The molecule has 3 rings (SSSR count). The van der Waals surface area contributed by atoms with Crippen molar-refractivity contribution < 1.29 is 14.3 Å². The highest BCUT2D eigenvalue weighted by Gasteiger charge is 2.28. The van der Waals surface area contributed by atoms with Gasteiger partial charge in [0.1, 0.15) is 0 Å². The number of benzene rings is 1. The third kappa shape index (κ3) is 6.35. The van der Waals surface area contributed by atoms with Gasteiger partial charge in [0.25, 0.3) is 0 Å². The fraction of sp³-hybridized carbons (Fsp3) is 0.708. The largest absolute Gasteiger partial charge is 0.490 e. The van der Waals surface area contributed by atoms with Crippen molar-refractivity contribution in [3.8, 4) is 11.5 Å². The van der Waals surface area contributed by atoms with Crippen molar-refractivity contribution in [2.45, 2.75) is 71.5 Å². The minimum atomic E-state index is 0.129. The van der Waals surface area contributed by atoms with Gasteiger partial charge in [0, 0.05) is 30.7 Å². The minimum Gasteiger partial charge on any atom is -0.490 e. The van der Waals surface area contributed by atoms with Crippen LogP contribution in [0.2, 0.25) is 0 Å². The molecule has 30 heavy (non-hydrogen) atoms. The van der Waals surface area contributed by atoms with Crippen LogP contribution in [0.4, 0.5) is 0 Å². The smallest absolute Gasteiger partial charge is 0.234 e. The number of piperidine rings is 1. The van der Waals surface area contributed by atoms with E-state index >= 15 is 0 Å². The molecule has 0 unspecified atom stereocenters. The van der Waals surface area contributed by atoms with E-state index in [1.165, 1.54) is 0 Å². The minimum absolute atomic E-state index is 0.129. The van der Waals surface area contributed by atoms with Crippen LogP contribution < -0.4 is 14.8 Å². The van der Waals surface area contributed by atoms with Gasteiger partial charge in [-0.2, -0.15) is 0 Å². The summed E-state index contributed by atoms with van der Waals surface area (Å²) in [5, 5.41) is 3.12. The first kappa shape index (κ1) is 22.9. The van der Waals surface area contributed by atoms with Crippen molar-refractivity contribution in [1.82, 2.24) is 15.1 Å². The van der Waals surface area contributed by atoms with Crippen molar-refractivity contribution in [2.75, 3.05) is 39.4 Å². The van der Waals surface area contributed by atoms with E-state index in [2.05, 4.69) is 35.0 Å². The third-order valence-corrected chi connectivity index (χ3v) is 6.22. The van der Waals surface area contributed by atoms with Gasteiger partial charge in [0.05, 0.1) is 19.8 Å². The Morgan fingerprint density at radius 1 is 1.17 bits per heavy atom. The van der Waals surface area contributed by atoms with Crippen molar-refractivity contribution in [2.24, 2.45) is 0 Å². The highest BCUT2D eigenvalue weighted by molar-refractivity contribution is 5.78. The van der Waals surface area contributed by atoms with E-state index in [-0.39, 0.29) is 5.91 Å². The Balaban J connectivity index is 1.83. The number of rotatable bonds is 4. The van der Waals surface area contributed by atoms with Crippen molar-refractivity contribution in [3.63, 3.8) is 0 Å². The van der Waals surface area contributed by atoms with Crippen molar-refractivity contribution in [1.29, 1.82) is 0 Å². The van der Waals surface area contributed by atoms with E-state index in [4.69, 9.17) is 9.47 Å². The van der Waals surface area contributed by atoms with Crippen LogP contribution in [0.25, 0.3) is 0 Å². The molecule has 1 aromatic carbocycles. The Morgan fingerprint density at radius 2 is 1.97 bits per heavy atom. The topological polar surface area (TPSA) is 54.0 Å². The Bertz CT molecular complexity index is 672. The molecule has 0 saturated carbocycles. The number of carbonyl (C=O) groups is 1. The highest BCUT2D eigenvalue weighted by atomic mass is 16.5. The first-order valence-electron chi connectivity index (χ1n) is 11.7. The zero-order valence-corrected chi connectivity index (χ0v) is 19.0. The maximum atomic E-state index is 12.7. The average molecular weight is 418 g/mol. The second kappa shape index (κ2) is 11.6. The summed E-state index contributed by atoms with van der Waals surface area (Å²) in [7, 11) is 0. The summed E-state index contributed by atoms with van der Waals surface area (Å²) in [5.41, 5.74) is 1.11. The van der Waals surface area contributed by atoms with Gasteiger partial charge in [-0.1, -0.05) is 12.1 Å². The first-order chi connectivity index (χ1) is 14.6. The first-order valence-corrected chi connectivity index (χ1v) is 11.7. The van der Waals surface area contributed by atoms with Crippen LogP contribution >= 0.6 is 0 Å². The number of para-hydroxylation sites is 1. The fourth-order valence-corrected chi connectivity index (χ4v) is 4.47. The number of likely N-dealkylation sites (tertiary alicyclic amines) is 1. The predicted octanol–water partition coefficient (Wildman–Crippen LogP) is 3.44. The van der Waals surface area contributed by atoms with E-state index in [9.17, 15) is 4.79 Å². The molecule has 0 spiro atoms. The van der Waals surface area contributed by atoms with E-state index < -0.39 is 0 Å². The van der Waals surface area contributed by atoms with Gasteiger partial charge in [-0.3, -0.25) is 9.69 Å². The molecule has 6 heteroatoms. The molecule has 1 saturated heterocycles. The van der Waals surface area contributed by atoms with Crippen LogP contribution in [-0.2, 0) is 11.3 Å². The summed E-state index contributed by atoms with van der Waals surface area (Å²) in [5.74, 6) is 1.79. The lowest BCUT2D eigenvalue weighted by atomic mass is 10.0. The van der Waals surface area contributed by atoms with Gasteiger partial charge in [-0.05, 0) is 72.0 Å². The second-order valence-electron chi connectivity index (χ2n) is 8.70. The molecular formula is C24H39N3O3. The van der Waals surface area contributed by atoms with E-state index in [1.807, 2.05) is 19.1 Å². The van der Waals surface area contributed by atoms with Crippen LogP contribution in [0.3, 0.4) is 0 Å². The Kier molecular flexibility index (Phi) is 8.82. The van der Waals surface area contributed by atoms with Gasteiger partial charge in [-0.25, -0.2) is 0 Å². The fourth-order valence-electron chi connectivity index (χ4n) is 4.47. The molecule has 1 amide bonds. The lowest BCUT2D eigenvalue weighted by Crippen LogP contribution is -2.49. The van der Waals surface area contributed by atoms with Crippen molar-refractivity contribution >= 4 is 5.91 Å². The lowest BCUT2D eigenvalue weighted by Gasteiger charge is -2.40. The lowest BCUT2D eigenvalue weighted by molar-refractivity contribution is -0.123. The quantitative estimate of drug-likeness (QED) is 0.813. The van der Waals surface area contributed by atoms with Gasteiger partial charge in [0.15, 0.2) is 11.5 Å². The summed E-state index contributed by atoms with van der Waals surface area (Å²) in [6.07, 6.45) is 5.19. The van der Waals surface area contributed by atoms with Crippen LogP contribution in [0, 0.1) is 0 Å². The predicted molar refractivity (Wildman–Crippen MR) is 120 cm³/mol. The molecule has 2 aliphatic heterocycles. The number of nitrogens with zero attached hydrogens (tertiary/aromatic N) is 2. The average Bonchev–Trinajstić information content (AvgIpc) is 2.75. The second-order valence-corrected chi connectivity index (χ2v) is 8.70. The molecule has 0 aromatic heterocycles. The summed E-state index contributed by atoms with van der Waals surface area (Å²) in [6.45, 7) is 11.9. The van der Waals surface area contributed by atoms with Crippen molar-refractivity contribution in [3.05, 3.63) is 23.8 Å². The maximum Gasteiger partial charge on any atom is 0.234 e. The number of carbonyl (C=O) groups excluding carboxylic acids is 1. The maximum absolute atomic E-state index is 12.7. The highest BCUT2D eigenvalue weighted by Crippen LogP contribution is 2.33. The zero-order valence-electron chi connectivity index (χ0n) is 19.0. The molecule has 2 heterocycles. The summed E-state index contributed by atoms with van der Waals surface area (Å²) in [4.78, 5) is 17.6. The number of fused-ring (bicyclic) bond motifs is 1. The Labute approximate surface area is 181 Å². The summed E-state index contributed by atoms with van der Waals surface area (Å²) >= 11 is 0. The summed E-state index contributed by atoms with van der Waals surface area (Å²) in [6, 6.07) is 7.11. The molecule has 1 aromatic rings. The Hall–Kier alpha value is -1.79. The van der Waals surface area contributed by atoms with Gasteiger partial charge in [-0.15, -0.1) is 0 Å². The van der Waals surface area contributed by atoms with Crippen LogP contribution in [-0.4, -0.2) is 67.2 Å². The van der Waals surface area contributed by atoms with Gasteiger partial charge >= 0.3 is 0 Å². The van der Waals surface area contributed by atoms with Gasteiger partial charge < -0.3 is 19.7 Å². The molecule has 2 aliphatic rings. The molecular weight excluding hydrogens is 378 g/mol. The molecule has 0 radical (unpaired) electrons. The Morgan fingerprint density at radius 3 is 2.70 bits per heavy atom. The zero-order chi connectivity index (χ0) is 21.3. The molecule has 1 N–H and O–H groups in total. The van der Waals surface area contributed by atoms with E-state index in [0.717, 1.165) is 68.8 Å². The monoisotopic (exact) mass is 417 g/mol. The third-order valence-electron chi connectivity index (χ3n) is 6.22. The van der Waals surface area contributed by atoms with Gasteiger partial charge in [0.2, 0.25) is 5.91 Å². The van der Waals surface area contributed by atoms with E-state index in [0.29, 0.717) is 38.4 Å². The molecule has 0 atom stereocenters. The molecule has 0 bridgehead atoms. The number of nitrogens with one attached hydrogen (secondary N) is 1. The SMILES string of the molecule is CCOc1cccc2c1OCCCCCNC(=O)CN(C1CCN(C(C)C)CC1)C2. The standard InChI is InChI=1S/C24H39N3O3/c1-4-29-22-10-8-9-20-17-27(21-11-14-26(15-12-21)19(2)3)18-23(28)25-13-6-5-7-16-30-24(20)22/h8-10,19,21H,4-7,11-18H2,1-3H3,(H,25,28).